The molecule has 2 rings (SSSR count). The Labute approximate surface area is 184 Å². The van der Waals surface area contributed by atoms with E-state index in [1.807, 2.05) is 33.8 Å². The summed E-state index contributed by atoms with van der Waals surface area (Å²) in [5.74, 6) is -1.48. The molecule has 0 aromatic carbocycles. The van der Waals surface area contributed by atoms with Crippen molar-refractivity contribution in [1.82, 2.24) is 15.2 Å². The topological polar surface area (TPSA) is 109 Å². The third-order valence-corrected chi connectivity index (χ3v) is 5.69. The van der Waals surface area contributed by atoms with Gasteiger partial charge < -0.3 is 20.1 Å². The van der Waals surface area contributed by atoms with Gasteiger partial charge in [0.15, 0.2) is 0 Å². The number of nitrogens with one attached hydrogen (secondary N) is 1. The molecule has 0 unspecified atom stereocenters. The Morgan fingerprint density at radius 2 is 1.94 bits per heavy atom. The summed E-state index contributed by atoms with van der Waals surface area (Å²) >= 11 is 0. The summed E-state index contributed by atoms with van der Waals surface area (Å²) < 4.78 is 5.86. The molecule has 1 aliphatic rings. The Morgan fingerprint density at radius 3 is 2.55 bits per heavy atom. The van der Waals surface area contributed by atoms with Gasteiger partial charge >= 0.3 is 5.97 Å². The number of carboxylic acid groups (broad SMARTS) is 1. The highest BCUT2D eigenvalue weighted by Crippen LogP contribution is 2.36. The molecule has 1 aliphatic heterocycles. The molecule has 2 N–H and O–H groups in total. The zero-order valence-electron chi connectivity index (χ0n) is 19.2. The number of carbonyl (C=O) groups is 3. The fourth-order valence-electron chi connectivity index (χ4n) is 3.74. The highest BCUT2D eigenvalue weighted by atomic mass is 16.5. The minimum Gasteiger partial charge on any atom is -0.481 e. The van der Waals surface area contributed by atoms with Crippen LogP contribution in [-0.4, -0.2) is 59.6 Å². The van der Waals surface area contributed by atoms with Crippen molar-refractivity contribution in [2.24, 2.45) is 16.7 Å². The average Bonchev–Trinajstić information content (AvgIpc) is 3.00. The van der Waals surface area contributed by atoms with Crippen LogP contribution in [0.1, 0.15) is 58.6 Å². The van der Waals surface area contributed by atoms with Crippen molar-refractivity contribution in [2.75, 3.05) is 26.8 Å². The molecule has 0 spiro atoms. The molecular formula is C23H35N3O5. The Balaban J connectivity index is 1.88. The maximum atomic E-state index is 12.9. The highest BCUT2D eigenvalue weighted by molar-refractivity contribution is 5.90. The summed E-state index contributed by atoms with van der Waals surface area (Å²) in [7, 11) is 1.72. The zero-order chi connectivity index (χ0) is 23.2. The van der Waals surface area contributed by atoms with Crippen LogP contribution in [0.3, 0.4) is 0 Å². The van der Waals surface area contributed by atoms with Gasteiger partial charge in [0.2, 0.25) is 11.8 Å². The first-order valence-corrected chi connectivity index (χ1v) is 10.6. The van der Waals surface area contributed by atoms with Crippen LogP contribution >= 0.6 is 0 Å². The molecular weight excluding hydrogens is 398 g/mol. The van der Waals surface area contributed by atoms with Crippen LogP contribution < -0.4 is 5.32 Å². The number of amides is 2. The van der Waals surface area contributed by atoms with Crippen molar-refractivity contribution in [3.8, 4) is 0 Å². The molecule has 1 fully saturated rings. The quantitative estimate of drug-likeness (QED) is 0.555. The molecule has 8 nitrogen and oxygen atoms in total. The lowest BCUT2D eigenvalue weighted by molar-refractivity contribution is -0.138. The molecule has 2 heterocycles. The fourth-order valence-corrected chi connectivity index (χ4v) is 3.74. The molecule has 172 valence electrons. The number of nitrogens with zero attached hydrogens (tertiary/aromatic N) is 2. The Morgan fingerprint density at radius 1 is 1.26 bits per heavy atom. The second-order valence-electron chi connectivity index (χ2n) is 9.98. The Bertz CT molecular complexity index is 779. The summed E-state index contributed by atoms with van der Waals surface area (Å²) in [6, 6.07) is 3.37. The van der Waals surface area contributed by atoms with E-state index in [-0.39, 0.29) is 41.5 Å². The SMILES string of the molecule is CN1C(=O)C[C@H](C(=O)NCC(C)(C)COCC(C)(C)CCC(=O)O)[C@H]1c1cccnc1. The number of hydrogen-bond acceptors (Lipinski definition) is 5. The summed E-state index contributed by atoms with van der Waals surface area (Å²) in [5, 5.41) is 11.9. The van der Waals surface area contributed by atoms with E-state index in [4.69, 9.17) is 9.84 Å². The zero-order valence-corrected chi connectivity index (χ0v) is 19.2. The van der Waals surface area contributed by atoms with Crippen LogP contribution in [-0.2, 0) is 19.1 Å². The smallest absolute Gasteiger partial charge is 0.303 e. The van der Waals surface area contributed by atoms with Gasteiger partial charge in [-0.3, -0.25) is 19.4 Å². The number of likely N-dealkylation sites (tertiary alicyclic amines) is 1. The number of pyridine rings is 1. The highest BCUT2D eigenvalue weighted by Gasteiger charge is 2.43. The minimum absolute atomic E-state index is 0.0554. The fraction of sp³-hybridized carbons (Fsp3) is 0.652. The lowest BCUT2D eigenvalue weighted by atomic mass is 9.88. The lowest BCUT2D eigenvalue weighted by Crippen LogP contribution is -2.41. The number of ether oxygens (including phenoxy) is 1. The van der Waals surface area contributed by atoms with E-state index < -0.39 is 11.9 Å². The van der Waals surface area contributed by atoms with Gasteiger partial charge in [0.1, 0.15) is 0 Å². The van der Waals surface area contributed by atoms with Gasteiger partial charge in [-0.1, -0.05) is 33.8 Å². The van der Waals surface area contributed by atoms with Crippen molar-refractivity contribution in [1.29, 1.82) is 0 Å². The molecule has 0 saturated carbocycles. The van der Waals surface area contributed by atoms with E-state index in [1.165, 1.54) is 0 Å². The molecule has 31 heavy (non-hydrogen) atoms. The Hall–Kier alpha value is -2.48. The summed E-state index contributed by atoms with van der Waals surface area (Å²) in [6.45, 7) is 9.26. The maximum Gasteiger partial charge on any atom is 0.303 e. The molecule has 8 heteroatoms. The van der Waals surface area contributed by atoms with Gasteiger partial charge in [-0.25, -0.2) is 0 Å². The number of aromatic nitrogens is 1. The van der Waals surface area contributed by atoms with Gasteiger partial charge in [0.05, 0.1) is 25.2 Å². The van der Waals surface area contributed by atoms with Crippen LogP contribution in [0.15, 0.2) is 24.5 Å². The van der Waals surface area contributed by atoms with Crippen molar-refractivity contribution in [2.45, 2.75) is 53.0 Å². The van der Waals surface area contributed by atoms with Crippen LogP contribution in [0.25, 0.3) is 0 Å². The van der Waals surface area contributed by atoms with Gasteiger partial charge in [-0.05, 0) is 23.5 Å². The number of aliphatic carboxylic acids is 1. The number of hydrogen-bond donors (Lipinski definition) is 2. The van der Waals surface area contributed by atoms with Crippen molar-refractivity contribution in [3.05, 3.63) is 30.1 Å². The molecule has 1 aromatic heterocycles. The molecule has 0 aliphatic carbocycles. The van der Waals surface area contributed by atoms with Gasteiger partial charge in [-0.15, -0.1) is 0 Å². The molecule has 1 saturated heterocycles. The van der Waals surface area contributed by atoms with E-state index in [9.17, 15) is 14.4 Å². The average molecular weight is 434 g/mol. The maximum absolute atomic E-state index is 12.9. The molecule has 1 aromatic rings. The van der Waals surface area contributed by atoms with E-state index in [0.29, 0.717) is 26.2 Å². The van der Waals surface area contributed by atoms with E-state index in [0.717, 1.165) is 5.56 Å². The third kappa shape index (κ3) is 7.31. The van der Waals surface area contributed by atoms with Gasteiger partial charge in [0, 0.05) is 44.2 Å². The number of carbonyl (C=O) groups excluding carboxylic acids is 2. The Kier molecular flexibility index (Phi) is 8.17. The second-order valence-corrected chi connectivity index (χ2v) is 9.98. The van der Waals surface area contributed by atoms with Crippen LogP contribution in [0.2, 0.25) is 0 Å². The first-order valence-electron chi connectivity index (χ1n) is 10.6. The lowest BCUT2D eigenvalue weighted by Gasteiger charge is -2.30. The van der Waals surface area contributed by atoms with Crippen molar-refractivity contribution >= 4 is 17.8 Å². The van der Waals surface area contributed by atoms with Crippen LogP contribution in [0, 0.1) is 16.7 Å². The van der Waals surface area contributed by atoms with Crippen LogP contribution in [0.5, 0.6) is 0 Å². The normalized spacial score (nSPS) is 19.5. The van der Waals surface area contributed by atoms with Gasteiger partial charge in [-0.2, -0.15) is 0 Å². The summed E-state index contributed by atoms with van der Waals surface area (Å²) in [5.41, 5.74) is 0.308. The number of rotatable bonds is 11. The van der Waals surface area contributed by atoms with Crippen LogP contribution in [0.4, 0.5) is 0 Å². The predicted octanol–water partition coefficient (Wildman–Crippen LogP) is 2.65. The monoisotopic (exact) mass is 433 g/mol. The first-order chi connectivity index (χ1) is 14.4. The summed E-state index contributed by atoms with van der Waals surface area (Å²) in [6.07, 6.45) is 4.20. The van der Waals surface area contributed by atoms with Crippen molar-refractivity contribution < 1.29 is 24.2 Å². The van der Waals surface area contributed by atoms with E-state index in [2.05, 4.69) is 10.3 Å². The molecule has 2 amide bonds. The second kappa shape index (κ2) is 10.2. The largest absolute Gasteiger partial charge is 0.481 e. The molecule has 0 radical (unpaired) electrons. The standard InChI is InChI=1S/C23H35N3O5/c1-22(2,9-8-19(28)29)14-31-15-23(3,4)13-25-21(30)17-11-18(27)26(5)20(17)16-7-6-10-24-12-16/h6-7,10,12,17,20H,8-9,11,13-15H2,1-5H3,(H,25,30)(H,28,29)/t17-,20+/m0/s1. The van der Waals surface area contributed by atoms with E-state index >= 15 is 0 Å². The van der Waals surface area contributed by atoms with Gasteiger partial charge in [0.25, 0.3) is 0 Å². The summed E-state index contributed by atoms with van der Waals surface area (Å²) in [4.78, 5) is 41.7. The number of carboxylic acids is 1. The van der Waals surface area contributed by atoms with Crippen molar-refractivity contribution in [3.63, 3.8) is 0 Å². The third-order valence-electron chi connectivity index (χ3n) is 5.69. The predicted molar refractivity (Wildman–Crippen MR) is 116 cm³/mol. The minimum atomic E-state index is -0.809. The molecule has 2 atom stereocenters. The molecule has 0 bridgehead atoms. The van der Waals surface area contributed by atoms with E-state index in [1.54, 1.807) is 30.4 Å². The first kappa shape index (κ1) is 24.8.